The number of nitrogens with one attached hydrogen (secondary N) is 1. The first-order chi connectivity index (χ1) is 7.01. The van der Waals surface area contributed by atoms with Crippen LogP contribution in [0.25, 0.3) is 0 Å². The fourth-order valence-electron chi connectivity index (χ4n) is 2.38. The van der Waals surface area contributed by atoms with Gasteiger partial charge in [-0.2, -0.15) is 0 Å². The van der Waals surface area contributed by atoms with Gasteiger partial charge in [0.15, 0.2) is 0 Å². The Morgan fingerprint density at radius 1 is 1.20 bits per heavy atom. The summed E-state index contributed by atoms with van der Waals surface area (Å²) in [6.45, 7) is 7.14. The van der Waals surface area contributed by atoms with Crippen molar-refractivity contribution in [1.29, 1.82) is 0 Å². The summed E-state index contributed by atoms with van der Waals surface area (Å²) in [4.78, 5) is 0. The number of rotatable bonds is 2. The molecule has 2 aliphatic rings. The Morgan fingerprint density at radius 3 is 2.27 bits per heavy atom. The summed E-state index contributed by atoms with van der Waals surface area (Å²) < 4.78 is 26.1. The van der Waals surface area contributed by atoms with Crippen molar-refractivity contribution < 1.29 is 8.42 Å². The molecule has 0 aromatic heterocycles. The normalized spacial score (nSPS) is 38.7. The van der Waals surface area contributed by atoms with E-state index in [0.717, 1.165) is 13.0 Å². The van der Waals surface area contributed by atoms with Crippen LogP contribution in [-0.4, -0.2) is 44.2 Å². The van der Waals surface area contributed by atoms with Gasteiger partial charge >= 0.3 is 0 Å². The highest BCUT2D eigenvalue weighted by molar-refractivity contribution is 7.89. The smallest absolute Gasteiger partial charge is 0.218 e. The minimum Gasteiger partial charge on any atom is -0.315 e. The minimum atomic E-state index is -3.03. The molecule has 2 rings (SSSR count). The van der Waals surface area contributed by atoms with Gasteiger partial charge < -0.3 is 5.32 Å². The van der Waals surface area contributed by atoms with E-state index in [-0.39, 0.29) is 5.25 Å². The third kappa shape index (κ3) is 2.05. The van der Waals surface area contributed by atoms with Crippen LogP contribution in [0.2, 0.25) is 0 Å². The standard InChI is InChI=1S/C10H20N2O2S/c1-8-6-12(7-9(8)2)15(13,14)10-3-4-11-5-10/h8-11H,3-7H2,1-2H3. The molecule has 3 atom stereocenters. The fourth-order valence-corrected chi connectivity index (χ4v) is 4.43. The van der Waals surface area contributed by atoms with E-state index in [0.29, 0.717) is 31.5 Å². The lowest BCUT2D eigenvalue weighted by atomic mass is 10.0. The lowest BCUT2D eigenvalue weighted by Gasteiger charge is -2.20. The number of sulfonamides is 1. The lowest BCUT2D eigenvalue weighted by Crippen LogP contribution is -2.38. The summed E-state index contributed by atoms with van der Waals surface area (Å²) in [6, 6.07) is 0. The largest absolute Gasteiger partial charge is 0.315 e. The molecule has 0 aromatic rings. The molecule has 3 unspecified atom stereocenters. The molecule has 15 heavy (non-hydrogen) atoms. The van der Waals surface area contributed by atoms with Gasteiger partial charge in [-0.15, -0.1) is 0 Å². The molecule has 0 bridgehead atoms. The van der Waals surface area contributed by atoms with E-state index in [1.54, 1.807) is 4.31 Å². The zero-order chi connectivity index (χ0) is 11.1. The molecule has 0 amide bonds. The van der Waals surface area contributed by atoms with Crippen LogP contribution >= 0.6 is 0 Å². The van der Waals surface area contributed by atoms with Gasteiger partial charge in [0.25, 0.3) is 0 Å². The SMILES string of the molecule is CC1CN(S(=O)(=O)C2CCNC2)CC1C. The highest BCUT2D eigenvalue weighted by Gasteiger charge is 2.39. The molecular formula is C10H20N2O2S. The van der Waals surface area contributed by atoms with E-state index in [9.17, 15) is 8.42 Å². The quantitative estimate of drug-likeness (QED) is 0.743. The second-order valence-electron chi connectivity index (χ2n) is 4.93. The van der Waals surface area contributed by atoms with Crippen molar-refractivity contribution in [3.8, 4) is 0 Å². The molecule has 0 aliphatic carbocycles. The van der Waals surface area contributed by atoms with Crippen molar-refractivity contribution in [1.82, 2.24) is 9.62 Å². The summed E-state index contributed by atoms with van der Waals surface area (Å²) >= 11 is 0. The van der Waals surface area contributed by atoms with Gasteiger partial charge in [0.1, 0.15) is 0 Å². The monoisotopic (exact) mass is 232 g/mol. The summed E-state index contributed by atoms with van der Waals surface area (Å²) in [5.41, 5.74) is 0. The van der Waals surface area contributed by atoms with Crippen LogP contribution < -0.4 is 5.32 Å². The van der Waals surface area contributed by atoms with Crippen molar-refractivity contribution in [2.75, 3.05) is 26.2 Å². The molecule has 2 aliphatic heterocycles. The molecule has 0 aromatic carbocycles. The molecule has 4 nitrogen and oxygen atoms in total. The zero-order valence-corrected chi connectivity index (χ0v) is 10.3. The molecule has 0 radical (unpaired) electrons. The fraction of sp³-hybridized carbons (Fsp3) is 1.00. The first kappa shape index (κ1) is 11.4. The highest BCUT2D eigenvalue weighted by atomic mass is 32.2. The van der Waals surface area contributed by atoms with E-state index >= 15 is 0 Å². The van der Waals surface area contributed by atoms with Crippen LogP contribution in [-0.2, 0) is 10.0 Å². The third-order valence-electron chi connectivity index (χ3n) is 3.75. The maximum Gasteiger partial charge on any atom is 0.218 e. The third-order valence-corrected chi connectivity index (χ3v) is 6.01. The number of nitrogens with zero attached hydrogens (tertiary/aromatic N) is 1. The number of hydrogen-bond donors (Lipinski definition) is 1. The van der Waals surface area contributed by atoms with Gasteiger partial charge in [0.2, 0.25) is 10.0 Å². The minimum absolute atomic E-state index is 0.185. The van der Waals surface area contributed by atoms with Crippen LogP contribution in [0.4, 0.5) is 0 Å². The van der Waals surface area contributed by atoms with Crippen molar-refractivity contribution in [3.63, 3.8) is 0 Å². The molecule has 2 heterocycles. The van der Waals surface area contributed by atoms with Gasteiger partial charge in [0, 0.05) is 19.6 Å². The molecule has 0 saturated carbocycles. The van der Waals surface area contributed by atoms with Gasteiger partial charge in [0.05, 0.1) is 5.25 Å². The molecule has 1 N–H and O–H groups in total. The first-order valence-corrected chi connectivity index (χ1v) is 7.22. The molecule has 2 fully saturated rings. The Labute approximate surface area is 92.1 Å². The van der Waals surface area contributed by atoms with Gasteiger partial charge in [-0.25, -0.2) is 12.7 Å². The van der Waals surface area contributed by atoms with E-state index < -0.39 is 10.0 Å². The van der Waals surface area contributed by atoms with E-state index in [1.807, 2.05) is 0 Å². The maximum absolute atomic E-state index is 12.2. The van der Waals surface area contributed by atoms with Crippen molar-refractivity contribution >= 4 is 10.0 Å². The Balaban J connectivity index is 2.09. The second kappa shape index (κ2) is 4.03. The van der Waals surface area contributed by atoms with E-state index in [2.05, 4.69) is 19.2 Å². The highest BCUT2D eigenvalue weighted by Crippen LogP contribution is 2.27. The Kier molecular flexibility index (Phi) is 3.05. The van der Waals surface area contributed by atoms with E-state index in [4.69, 9.17) is 0 Å². The zero-order valence-electron chi connectivity index (χ0n) is 9.44. The number of hydrogen-bond acceptors (Lipinski definition) is 3. The average Bonchev–Trinajstić information content (AvgIpc) is 2.77. The summed E-state index contributed by atoms with van der Waals surface area (Å²) in [5.74, 6) is 0.989. The van der Waals surface area contributed by atoms with Gasteiger partial charge in [-0.3, -0.25) is 0 Å². The molecule has 0 spiro atoms. The molecule has 2 saturated heterocycles. The average molecular weight is 232 g/mol. The Bertz CT molecular complexity index is 312. The summed E-state index contributed by atoms with van der Waals surface area (Å²) in [6.07, 6.45) is 0.765. The van der Waals surface area contributed by atoms with Gasteiger partial charge in [-0.1, -0.05) is 13.8 Å². The summed E-state index contributed by atoms with van der Waals surface area (Å²) in [7, 11) is -3.03. The van der Waals surface area contributed by atoms with Crippen molar-refractivity contribution in [2.24, 2.45) is 11.8 Å². The topological polar surface area (TPSA) is 49.4 Å². The Hall–Kier alpha value is -0.130. The second-order valence-corrected chi connectivity index (χ2v) is 7.14. The molecule has 88 valence electrons. The van der Waals surface area contributed by atoms with Crippen LogP contribution in [0.5, 0.6) is 0 Å². The molecule has 5 heteroatoms. The predicted octanol–water partition coefficient (Wildman–Crippen LogP) is 0.266. The van der Waals surface area contributed by atoms with Gasteiger partial charge in [-0.05, 0) is 24.8 Å². The van der Waals surface area contributed by atoms with Crippen LogP contribution in [0.15, 0.2) is 0 Å². The van der Waals surface area contributed by atoms with Crippen LogP contribution in [0, 0.1) is 11.8 Å². The first-order valence-electron chi connectivity index (χ1n) is 5.71. The maximum atomic E-state index is 12.2. The summed E-state index contributed by atoms with van der Waals surface area (Å²) in [5, 5.41) is 2.93. The Morgan fingerprint density at radius 2 is 1.80 bits per heavy atom. The van der Waals surface area contributed by atoms with Crippen LogP contribution in [0.1, 0.15) is 20.3 Å². The van der Waals surface area contributed by atoms with Crippen molar-refractivity contribution in [3.05, 3.63) is 0 Å². The van der Waals surface area contributed by atoms with Crippen molar-refractivity contribution in [2.45, 2.75) is 25.5 Å². The molecular weight excluding hydrogens is 212 g/mol. The lowest BCUT2D eigenvalue weighted by molar-refractivity contribution is 0.453. The van der Waals surface area contributed by atoms with E-state index in [1.165, 1.54) is 0 Å². The van der Waals surface area contributed by atoms with Crippen LogP contribution in [0.3, 0.4) is 0 Å². The predicted molar refractivity (Wildman–Crippen MR) is 60.1 cm³/mol.